The van der Waals surface area contributed by atoms with Gasteiger partial charge in [-0.15, -0.1) is 0 Å². The molecule has 0 saturated heterocycles. The molecular formula is C14H24N2O. The molecule has 0 aliphatic carbocycles. The minimum absolute atomic E-state index is 0.544. The molecule has 3 nitrogen and oxygen atoms in total. The quantitative estimate of drug-likeness (QED) is 0.765. The fourth-order valence-electron chi connectivity index (χ4n) is 1.82. The van der Waals surface area contributed by atoms with Crippen LogP contribution in [0.15, 0.2) is 18.2 Å². The minimum Gasteiger partial charge on any atom is -0.496 e. The molecule has 3 N–H and O–H groups in total. The van der Waals surface area contributed by atoms with Gasteiger partial charge in [0, 0.05) is 12.2 Å². The number of nitrogens with one attached hydrogen (secondary N) is 1. The summed E-state index contributed by atoms with van der Waals surface area (Å²) >= 11 is 0. The first kappa shape index (κ1) is 13.8. The SMILES string of the molecule is CCc1cc(NCC(CC)CN)ccc1OC. The molecule has 3 heteroatoms. The second-order valence-corrected chi connectivity index (χ2v) is 4.27. The van der Waals surface area contributed by atoms with Crippen LogP contribution in [0.2, 0.25) is 0 Å². The average Bonchev–Trinajstić information content (AvgIpc) is 2.39. The van der Waals surface area contributed by atoms with Gasteiger partial charge in [0.15, 0.2) is 0 Å². The number of ether oxygens (including phenoxy) is 1. The standard InChI is InChI=1S/C14H24N2O/c1-4-11(9-15)10-16-13-6-7-14(17-3)12(5-2)8-13/h6-8,11,16H,4-5,9-10,15H2,1-3H3. The van der Waals surface area contributed by atoms with Crippen molar-refractivity contribution in [2.75, 3.05) is 25.5 Å². The van der Waals surface area contributed by atoms with Gasteiger partial charge < -0.3 is 15.8 Å². The molecule has 0 saturated carbocycles. The summed E-state index contributed by atoms with van der Waals surface area (Å²) in [5.74, 6) is 1.51. The molecule has 0 amide bonds. The van der Waals surface area contributed by atoms with Crippen LogP contribution in [-0.4, -0.2) is 20.2 Å². The maximum Gasteiger partial charge on any atom is 0.122 e. The molecule has 1 aromatic carbocycles. The first-order valence-corrected chi connectivity index (χ1v) is 6.35. The lowest BCUT2D eigenvalue weighted by Gasteiger charge is -2.15. The van der Waals surface area contributed by atoms with Crippen molar-refractivity contribution in [1.82, 2.24) is 0 Å². The third-order valence-electron chi connectivity index (χ3n) is 3.17. The number of methoxy groups -OCH3 is 1. The molecule has 0 bridgehead atoms. The van der Waals surface area contributed by atoms with Gasteiger partial charge in [-0.25, -0.2) is 0 Å². The summed E-state index contributed by atoms with van der Waals surface area (Å²) in [5.41, 5.74) is 8.07. The van der Waals surface area contributed by atoms with Crippen molar-refractivity contribution in [1.29, 1.82) is 0 Å². The van der Waals surface area contributed by atoms with E-state index in [-0.39, 0.29) is 0 Å². The van der Waals surface area contributed by atoms with Gasteiger partial charge in [0.2, 0.25) is 0 Å². The Hall–Kier alpha value is -1.22. The summed E-state index contributed by atoms with van der Waals surface area (Å²) < 4.78 is 5.31. The smallest absolute Gasteiger partial charge is 0.122 e. The van der Waals surface area contributed by atoms with Crippen molar-refractivity contribution >= 4 is 5.69 Å². The van der Waals surface area contributed by atoms with Crippen LogP contribution in [0.4, 0.5) is 5.69 Å². The molecule has 0 heterocycles. The largest absolute Gasteiger partial charge is 0.496 e. The topological polar surface area (TPSA) is 47.3 Å². The molecule has 0 aliphatic heterocycles. The molecule has 17 heavy (non-hydrogen) atoms. The molecule has 0 radical (unpaired) electrons. The summed E-state index contributed by atoms with van der Waals surface area (Å²) in [6.45, 7) is 5.98. The Labute approximate surface area is 104 Å². The number of nitrogens with two attached hydrogens (primary N) is 1. The maximum absolute atomic E-state index is 5.69. The number of benzene rings is 1. The zero-order valence-corrected chi connectivity index (χ0v) is 11.1. The van der Waals surface area contributed by atoms with E-state index in [0.29, 0.717) is 5.92 Å². The van der Waals surface area contributed by atoms with Crippen molar-refractivity contribution < 1.29 is 4.74 Å². The molecule has 0 aromatic heterocycles. The van der Waals surface area contributed by atoms with Crippen LogP contribution in [0.3, 0.4) is 0 Å². The molecule has 1 atom stereocenters. The monoisotopic (exact) mass is 236 g/mol. The molecule has 96 valence electrons. The van der Waals surface area contributed by atoms with E-state index in [4.69, 9.17) is 10.5 Å². The van der Waals surface area contributed by atoms with E-state index in [1.54, 1.807) is 7.11 Å². The first-order valence-electron chi connectivity index (χ1n) is 6.35. The lowest BCUT2D eigenvalue weighted by molar-refractivity contribution is 0.410. The van der Waals surface area contributed by atoms with E-state index in [9.17, 15) is 0 Å². The molecule has 0 aliphatic rings. The Morgan fingerprint density at radius 1 is 1.35 bits per heavy atom. The van der Waals surface area contributed by atoms with E-state index in [1.165, 1.54) is 5.56 Å². The van der Waals surface area contributed by atoms with E-state index in [2.05, 4.69) is 31.3 Å². The third-order valence-corrected chi connectivity index (χ3v) is 3.17. The Morgan fingerprint density at radius 2 is 2.12 bits per heavy atom. The maximum atomic E-state index is 5.69. The van der Waals surface area contributed by atoms with Gasteiger partial charge in [-0.2, -0.15) is 0 Å². The van der Waals surface area contributed by atoms with Crippen molar-refractivity contribution in [3.05, 3.63) is 23.8 Å². The van der Waals surface area contributed by atoms with E-state index < -0.39 is 0 Å². The summed E-state index contributed by atoms with van der Waals surface area (Å²) in [4.78, 5) is 0. The molecule has 0 spiro atoms. The Bertz CT molecular complexity index is 335. The highest BCUT2D eigenvalue weighted by atomic mass is 16.5. The van der Waals surface area contributed by atoms with Crippen LogP contribution in [-0.2, 0) is 6.42 Å². The highest BCUT2D eigenvalue weighted by Gasteiger charge is 2.05. The zero-order valence-electron chi connectivity index (χ0n) is 11.1. The Morgan fingerprint density at radius 3 is 2.65 bits per heavy atom. The second kappa shape index (κ2) is 7.17. The van der Waals surface area contributed by atoms with Gasteiger partial charge in [-0.1, -0.05) is 20.3 Å². The van der Waals surface area contributed by atoms with Crippen LogP contribution in [0.25, 0.3) is 0 Å². The number of hydrogen-bond donors (Lipinski definition) is 2. The molecule has 1 unspecified atom stereocenters. The van der Waals surface area contributed by atoms with Gasteiger partial charge in [0.1, 0.15) is 5.75 Å². The Kier molecular flexibility index (Phi) is 5.84. The van der Waals surface area contributed by atoms with Crippen LogP contribution < -0.4 is 15.8 Å². The van der Waals surface area contributed by atoms with Crippen LogP contribution in [0.1, 0.15) is 25.8 Å². The number of rotatable bonds is 7. The number of aryl methyl sites for hydroxylation is 1. The molecule has 1 aromatic rings. The summed E-state index contributed by atoms with van der Waals surface area (Å²) in [5, 5.41) is 3.44. The summed E-state index contributed by atoms with van der Waals surface area (Å²) in [7, 11) is 1.71. The molecule has 1 rings (SSSR count). The predicted octanol–water partition coefficient (Wildman–Crippen LogP) is 2.65. The van der Waals surface area contributed by atoms with Gasteiger partial charge in [-0.05, 0) is 42.6 Å². The van der Waals surface area contributed by atoms with Crippen LogP contribution in [0, 0.1) is 5.92 Å². The zero-order chi connectivity index (χ0) is 12.7. The van der Waals surface area contributed by atoms with Crippen molar-refractivity contribution in [3.8, 4) is 5.75 Å². The van der Waals surface area contributed by atoms with Gasteiger partial charge >= 0.3 is 0 Å². The minimum atomic E-state index is 0.544. The molecular weight excluding hydrogens is 212 g/mol. The highest BCUT2D eigenvalue weighted by molar-refractivity contribution is 5.51. The van der Waals surface area contributed by atoms with Gasteiger partial charge in [0.05, 0.1) is 7.11 Å². The lowest BCUT2D eigenvalue weighted by Crippen LogP contribution is -2.22. The number of anilines is 1. The lowest BCUT2D eigenvalue weighted by atomic mass is 10.1. The van der Waals surface area contributed by atoms with E-state index >= 15 is 0 Å². The predicted molar refractivity (Wildman–Crippen MR) is 73.7 cm³/mol. The Balaban J connectivity index is 2.66. The number of hydrogen-bond acceptors (Lipinski definition) is 3. The van der Waals surface area contributed by atoms with Crippen LogP contribution in [0.5, 0.6) is 5.75 Å². The van der Waals surface area contributed by atoms with Crippen molar-refractivity contribution in [2.45, 2.75) is 26.7 Å². The fourth-order valence-corrected chi connectivity index (χ4v) is 1.82. The van der Waals surface area contributed by atoms with Crippen molar-refractivity contribution in [3.63, 3.8) is 0 Å². The van der Waals surface area contributed by atoms with E-state index in [1.807, 2.05) is 6.07 Å². The van der Waals surface area contributed by atoms with Crippen molar-refractivity contribution in [2.24, 2.45) is 11.7 Å². The first-order chi connectivity index (χ1) is 8.24. The fraction of sp³-hybridized carbons (Fsp3) is 0.571. The average molecular weight is 236 g/mol. The van der Waals surface area contributed by atoms with Gasteiger partial charge in [-0.3, -0.25) is 0 Å². The van der Waals surface area contributed by atoms with Crippen LogP contribution >= 0.6 is 0 Å². The summed E-state index contributed by atoms with van der Waals surface area (Å²) in [6.07, 6.45) is 2.09. The summed E-state index contributed by atoms with van der Waals surface area (Å²) in [6, 6.07) is 6.23. The normalized spacial score (nSPS) is 12.2. The third kappa shape index (κ3) is 3.93. The second-order valence-electron chi connectivity index (χ2n) is 4.27. The van der Waals surface area contributed by atoms with E-state index in [0.717, 1.165) is 37.4 Å². The highest BCUT2D eigenvalue weighted by Crippen LogP contribution is 2.23. The van der Waals surface area contributed by atoms with Gasteiger partial charge in [0.25, 0.3) is 0 Å². The molecule has 0 fully saturated rings.